The van der Waals surface area contributed by atoms with Crippen molar-refractivity contribution in [3.05, 3.63) is 0 Å². The van der Waals surface area contributed by atoms with E-state index >= 15 is 0 Å². The number of thiol groups is 1. The molecule has 0 aromatic rings. The summed E-state index contributed by atoms with van der Waals surface area (Å²) in [5, 5.41) is 10.2. The summed E-state index contributed by atoms with van der Waals surface area (Å²) in [6.45, 7) is 6.78. The minimum Gasteiger partial charge on any atom is -0.391 e. The summed E-state index contributed by atoms with van der Waals surface area (Å²) in [7, 11) is 0. The average Bonchev–Trinajstić information content (AvgIpc) is 2.26. The molecule has 2 aliphatic rings. The SMILES string of the molecule is CC1(C)[C@@H]2CC[C@]1(C)[C@H](O)[C@@H]2S. The summed E-state index contributed by atoms with van der Waals surface area (Å²) in [6, 6.07) is 0. The largest absolute Gasteiger partial charge is 0.391 e. The van der Waals surface area contributed by atoms with E-state index in [0.29, 0.717) is 5.92 Å². The Balaban J connectivity index is 2.44. The molecule has 0 aromatic carbocycles. The zero-order chi connectivity index (χ0) is 9.15. The first-order valence-corrected chi connectivity index (χ1v) is 5.29. The van der Waals surface area contributed by atoms with Crippen molar-refractivity contribution >= 4 is 12.6 Å². The molecule has 2 fully saturated rings. The van der Waals surface area contributed by atoms with Crippen LogP contribution in [0, 0.1) is 16.7 Å². The molecular weight excluding hydrogens is 168 g/mol. The first-order chi connectivity index (χ1) is 5.41. The first-order valence-electron chi connectivity index (χ1n) is 4.77. The highest BCUT2D eigenvalue weighted by atomic mass is 32.1. The third-order valence-electron chi connectivity index (χ3n) is 4.76. The predicted molar refractivity (Wildman–Crippen MR) is 53.4 cm³/mol. The smallest absolute Gasteiger partial charge is 0.0717 e. The average molecular weight is 186 g/mol. The maximum Gasteiger partial charge on any atom is 0.0717 e. The van der Waals surface area contributed by atoms with Gasteiger partial charge in [0.05, 0.1) is 6.10 Å². The van der Waals surface area contributed by atoms with Crippen LogP contribution in [0.4, 0.5) is 0 Å². The molecule has 2 rings (SSSR count). The van der Waals surface area contributed by atoms with Crippen LogP contribution in [-0.4, -0.2) is 16.5 Å². The maximum atomic E-state index is 10.0. The molecule has 0 heterocycles. The molecule has 70 valence electrons. The van der Waals surface area contributed by atoms with Crippen LogP contribution in [0.3, 0.4) is 0 Å². The summed E-state index contributed by atoms with van der Waals surface area (Å²) in [5.41, 5.74) is 0.392. The van der Waals surface area contributed by atoms with E-state index in [2.05, 4.69) is 33.4 Å². The molecular formula is C10H18OS. The van der Waals surface area contributed by atoms with E-state index in [1.165, 1.54) is 12.8 Å². The number of aliphatic hydroxyl groups is 1. The Morgan fingerprint density at radius 3 is 2.17 bits per heavy atom. The van der Waals surface area contributed by atoms with Gasteiger partial charge in [-0.2, -0.15) is 12.6 Å². The minimum absolute atomic E-state index is 0.115. The predicted octanol–water partition coefficient (Wildman–Crippen LogP) is 2.10. The van der Waals surface area contributed by atoms with Crippen molar-refractivity contribution in [1.29, 1.82) is 0 Å². The van der Waals surface area contributed by atoms with E-state index < -0.39 is 0 Å². The summed E-state index contributed by atoms with van der Waals surface area (Å²) in [5.74, 6) is 0.612. The van der Waals surface area contributed by atoms with Crippen molar-refractivity contribution < 1.29 is 5.11 Å². The van der Waals surface area contributed by atoms with Gasteiger partial charge in [0.25, 0.3) is 0 Å². The molecule has 2 heteroatoms. The molecule has 0 unspecified atom stereocenters. The van der Waals surface area contributed by atoms with Crippen LogP contribution in [0.1, 0.15) is 33.6 Å². The Morgan fingerprint density at radius 2 is 1.92 bits per heavy atom. The Kier molecular flexibility index (Phi) is 1.64. The van der Waals surface area contributed by atoms with Crippen LogP contribution in [0.2, 0.25) is 0 Å². The zero-order valence-electron chi connectivity index (χ0n) is 8.04. The third-order valence-corrected chi connectivity index (χ3v) is 5.40. The van der Waals surface area contributed by atoms with Crippen LogP contribution in [0.15, 0.2) is 0 Å². The highest BCUT2D eigenvalue weighted by Crippen LogP contribution is 2.66. The molecule has 12 heavy (non-hydrogen) atoms. The maximum absolute atomic E-state index is 10.0. The molecule has 0 saturated heterocycles. The van der Waals surface area contributed by atoms with Crippen LogP contribution in [-0.2, 0) is 0 Å². The van der Waals surface area contributed by atoms with Crippen molar-refractivity contribution in [2.45, 2.75) is 45.0 Å². The lowest BCUT2D eigenvalue weighted by Gasteiger charge is -2.36. The van der Waals surface area contributed by atoms with E-state index in [0.717, 1.165) is 0 Å². The van der Waals surface area contributed by atoms with Crippen molar-refractivity contribution in [2.75, 3.05) is 0 Å². The minimum atomic E-state index is -0.199. The van der Waals surface area contributed by atoms with Gasteiger partial charge in [-0.25, -0.2) is 0 Å². The van der Waals surface area contributed by atoms with Gasteiger partial charge in [-0.05, 0) is 29.6 Å². The quantitative estimate of drug-likeness (QED) is 0.555. The Hall–Kier alpha value is 0.310. The Bertz CT molecular complexity index is 214. The highest BCUT2D eigenvalue weighted by Gasteiger charge is 2.64. The Morgan fingerprint density at radius 1 is 1.33 bits per heavy atom. The fraction of sp³-hybridized carbons (Fsp3) is 1.00. The van der Waals surface area contributed by atoms with Crippen molar-refractivity contribution in [3.63, 3.8) is 0 Å². The number of hydrogen-bond acceptors (Lipinski definition) is 2. The van der Waals surface area contributed by atoms with Crippen LogP contribution < -0.4 is 0 Å². The molecule has 4 atom stereocenters. The van der Waals surface area contributed by atoms with Gasteiger partial charge < -0.3 is 5.11 Å². The van der Waals surface area contributed by atoms with Crippen molar-refractivity contribution in [3.8, 4) is 0 Å². The molecule has 0 spiro atoms. The molecule has 2 aliphatic carbocycles. The third kappa shape index (κ3) is 0.717. The van der Waals surface area contributed by atoms with Crippen LogP contribution in [0.25, 0.3) is 0 Å². The van der Waals surface area contributed by atoms with Gasteiger partial charge in [-0.1, -0.05) is 20.8 Å². The first kappa shape index (κ1) is 8.89. The lowest BCUT2D eigenvalue weighted by atomic mass is 9.70. The van der Waals surface area contributed by atoms with E-state index in [-0.39, 0.29) is 22.2 Å². The number of rotatable bonds is 0. The molecule has 0 amide bonds. The Labute approximate surface area is 80.0 Å². The molecule has 0 aromatic heterocycles. The van der Waals surface area contributed by atoms with Gasteiger partial charge in [-0.15, -0.1) is 0 Å². The fourth-order valence-electron chi connectivity index (χ4n) is 3.29. The second-order valence-electron chi connectivity index (χ2n) is 5.22. The normalized spacial score (nSPS) is 56.2. The second-order valence-corrected chi connectivity index (χ2v) is 5.82. The second kappa shape index (κ2) is 2.21. The van der Waals surface area contributed by atoms with E-state index in [1.54, 1.807) is 0 Å². The van der Waals surface area contributed by atoms with Gasteiger partial charge in [0, 0.05) is 5.25 Å². The van der Waals surface area contributed by atoms with Gasteiger partial charge in [0.2, 0.25) is 0 Å². The molecule has 2 saturated carbocycles. The van der Waals surface area contributed by atoms with Crippen molar-refractivity contribution in [2.24, 2.45) is 16.7 Å². The monoisotopic (exact) mass is 186 g/mol. The van der Waals surface area contributed by atoms with E-state index in [9.17, 15) is 5.11 Å². The molecule has 0 aliphatic heterocycles. The highest BCUT2D eigenvalue weighted by molar-refractivity contribution is 7.81. The molecule has 1 N–H and O–H groups in total. The lowest BCUT2D eigenvalue weighted by molar-refractivity contribution is 0.0150. The number of aliphatic hydroxyl groups excluding tert-OH is 1. The fourth-order valence-corrected chi connectivity index (χ4v) is 4.14. The zero-order valence-corrected chi connectivity index (χ0v) is 8.94. The summed E-state index contributed by atoms with van der Waals surface area (Å²) < 4.78 is 0. The standard InChI is InChI=1S/C10H18OS/c1-9(2)6-4-5-10(9,3)8(11)7(6)12/h6-8,11-12H,4-5H2,1-3H3/t6-,7-,8-,10-/m1/s1. The summed E-state index contributed by atoms with van der Waals surface area (Å²) in [4.78, 5) is 0. The van der Waals surface area contributed by atoms with Gasteiger partial charge in [-0.3, -0.25) is 0 Å². The van der Waals surface area contributed by atoms with Gasteiger partial charge in [0.15, 0.2) is 0 Å². The van der Waals surface area contributed by atoms with E-state index in [1.807, 2.05) is 0 Å². The van der Waals surface area contributed by atoms with Gasteiger partial charge >= 0.3 is 0 Å². The van der Waals surface area contributed by atoms with Crippen LogP contribution >= 0.6 is 12.6 Å². The number of fused-ring (bicyclic) bond motifs is 2. The summed E-state index contributed by atoms with van der Waals surface area (Å²) >= 11 is 4.51. The van der Waals surface area contributed by atoms with Gasteiger partial charge in [0.1, 0.15) is 0 Å². The molecule has 1 nitrogen and oxygen atoms in total. The molecule has 0 radical (unpaired) electrons. The lowest BCUT2D eigenvalue weighted by Crippen LogP contribution is -2.37. The van der Waals surface area contributed by atoms with E-state index in [4.69, 9.17) is 0 Å². The van der Waals surface area contributed by atoms with Crippen LogP contribution in [0.5, 0.6) is 0 Å². The van der Waals surface area contributed by atoms with Crippen molar-refractivity contribution in [1.82, 2.24) is 0 Å². The summed E-state index contributed by atoms with van der Waals surface area (Å²) in [6.07, 6.45) is 2.21. The number of hydrogen-bond donors (Lipinski definition) is 2. The molecule has 2 bridgehead atoms. The topological polar surface area (TPSA) is 20.2 Å².